The number of alkyl halides is 3. The highest BCUT2D eigenvalue weighted by atomic mass is 32.2. The number of aromatic nitrogens is 5. The zero-order chi connectivity index (χ0) is 28.8. The lowest BCUT2D eigenvalue weighted by Gasteiger charge is -2.19. The molecule has 3 aromatic rings. The van der Waals surface area contributed by atoms with Gasteiger partial charge in [-0.05, 0) is 48.4 Å². The van der Waals surface area contributed by atoms with Gasteiger partial charge in [0.1, 0.15) is 23.7 Å². The van der Waals surface area contributed by atoms with Gasteiger partial charge in [-0.3, -0.25) is 9.71 Å². The van der Waals surface area contributed by atoms with E-state index >= 15 is 0 Å². The van der Waals surface area contributed by atoms with Crippen LogP contribution in [0.4, 0.5) is 30.5 Å². The topological polar surface area (TPSA) is 140 Å². The highest BCUT2D eigenvalue weighted by Gasteiger charge is 2.31. The second-order valence-corrected chi connectivity index (χ2v) is 11.1. The number of nitrogens with one attached hydrogen (secondary N) is 2. The summed E-state index contributed by atoms with van der Waals surface area (Å²) in [6, 6.07) is 10.1. The first-order chi connectivity index (χ1) is 19.6. The molecule has 0 bridgehead atoms. The number of aryl methyl sites for hydroxylation is 1. The molecule has 210 valence electrons. The third-order valence-electron chi connectivity index (χ3n) is 6.41. The maximum atomic E-state index is 13.1. The monoisotopic (exact) mass is 582 g/mol. The molecule has 5 heterocycles. The maximum absolute atomic E-state index is 13.1. The fourth-order valence-corrected chi connectivity index (χ4v) is 5.71. The smallest absolute Gasteiger partial charge is 0.369 e. The minimum Gasteiger partial charge on any atom is -0.369 e. The van der Waals surface area contributed by atoms with Crippen molar-refractivity contribution in [1.29, 1.82) is 0 Å². The van der Waals surface area contributed by atoms with Crippen molar-refractivity contribution in [2.75, 3.05) is 16.6 Å². The Morgan fingerprint density at radius 1 is 1.12 bits per heavy atom. The summed E-state index contributed by atoms with van der Waals surface area (Å²) in [7, 11) is -4.08. The van der Waals surface area contributed by atoms with Crippen LogP contribution in [-0.2, 0) is 28.5 Å². The molecule has 1 aromatic carbocycles. The van der Waals surface area contributed by atoms with Crippen molar-refractivity contribution < 1.29 is 26.1 Å². The van der Waals surface area contributed by atoms with Crippen LogP contribution in [0.2, 0.25) is 0 Å². The summed E-state index contributed by atoms with van der Waals surface area (Å²) >= 11 is 0. The molecule has 11 nitrogen and oxygen atoms in total. The average molecular weight is 583 g/mol. The van der Waals surface area contributed by atoms with Gasteiger partial charge in [0, 0.05) is 48.4 Å². The van der Waals surface area contributed by atoms with Crippen molar-refractivity contribution in [2.45, 2.75) is 25.4 Å². The Bertz CT molecular complexity index is 1900. The Morgan fingerprint density at radius 2 is 1.98 bits per heavy atom. The quantitative estimate of drug-likeness (QED) is 0.301. The van der Waals surface area contributed by atoms with Gasteiger partial charge in [-0.2, -0.15) is 23.1 Å². The molecule has 6 rings (SSSR count). The van der Waals surface area contributed by atoms with Crippen LogP contribution < -0.4 is 15.7 Å². The normalized spacial score (nSPS) is 13.8. The van der Waals surface area contributed by atoms with E-state index in [9.17, 15) is 21.6 Å². The van der Waals surface area contributed by atoms with Gasteiger partial charge in [-0.15, -0.1) is 0 Å². The van der Waals surface area contributed by atoms with Gasteiger partial charge in [-0.25, -0.2) is 13.4 Å². The fraction of sp³-hybridized carbons (Fsp3) is 0.192. The first kappa shape index (κ1) is 26.4. The predicted octanol–water partition coefficient (Wildman–Crippen LogP) is 4.36. The van der Waals surface area contributed by atoms with Crippen LogP contribution in [0.5, 0.6) is 0 Å². The Hall–Kier alpha value is -4.79. The van der Waals surface area contributed by atoms with E-state index in [-0.39, 0.29) is 17.0 Å². The molecule has 3 aliphatic heterocycles. The number of hydrogen-bond acceptors (Lipinski definition) is 9. The zero-order valence-electron chi connectivity index (χ0n) is 21.3. The van der Waals surface area contributed by atoms with Crippen molar-refractivity contribution >= 4 is 27.3 Å². The lowest BCUT2D eigenvalue weighted by Crippen LogP contribution is -2.18. The molecule has 3 aliphatic rings. The number of anilines is 2. The van der Waals surface area contributed by atoms with Crippen LogP contribution in [0.25, 0.3) is 22.5 Å². The Balaban J connectivity index is 1.34. The molecule has 0 amide bonds. The fourth-order valence-electron chi connectivity index (χ4n) is 4.61. The molecule has 2 aromatic heterocycles. The van der Waals surface area contributed by atoms with Crippen molar-refractivity contribution in [3.8, 4) is 22.5 Å². The van der Waals surface area contributed by atoms with Crippen LogP contribution in [-0.4, -0.2) is 39.6 Å². The van der Waals surface area contributed by atoms with Gasteiger partial charge in [0.05, 0.1) is 11.3 Å². The van der Waals surface area contributed by atoms with Crippen LogP contribution in [0.15, 0.2) is 70.6 Å². The predicted molar refractivity (Wildman–Crippen MR) is 143 cm³/mol. The largest absolute Gasteiger partial charge is 0.416 e. The molecule has 15 heteroatoms. The van der Waals surface area contributed by atoms with Crippen molar-refractivity contribution in [3.05, 3.63) is 83.6 Å². The summed E-state index contributed by atoms with van der Waals surface area (Å²) < 4.78 is 74.2. The van der Waals surface area contributed by atoms with Crippen molar-refractivity contribution in [2.24, 2.45) is 4.99 Å². The van der Waals surface area contributed by atoms with Gasteiger partial charge in [0.25, 0.3) is 5.62 Å². The van der Waals surface area contributed by atoms with E-state index in [0.717, 1.165) is 46.4 Å². The molecule has 0 saturated carbocycles. The molecular weight excluding hydrogens is 561 g/mol. The van der Waals surface area contributed by atoms with Crippen LogP contribution in [0.1, 0.15) is 16.8 Å². The maximum Gasteiger partial charge on any atom is 0.416 e. The van der Waals surface area contributed by atoms with Gasteiger partial charge in [0.2, 0.25) is 10.0 Å². The number of benzene rings is 1. The third-order valence-corrected chi connectivity index (χ3v) is 7.64. The van der Waals surface area contributed by atoms with E-state index in [0.29, 0.717) is 24.7 Å². The average Bonchev–Trinajstić information content (AvgIpc) is 3.61. The summed E-state index contributed by atoms with van der Waals surface area (Å²) in [6.45, 7) is 3.18. The molecule has 0 fully saturated rings. The summed E-state index contributed by atoms with van der Waals surface area (Å²) in [6.07, 6.45) is -0.606. The van der Waals surface area contributed by atoms with E-state index in [2.05, 4.69) is 35.1 Å². The number of sulfonamides is 1. The van der Waals surface area contributed by atoms with Gasteiger partial charge in [0.15, 0.2) is 5.82 Å². The minimum absolute atomic E-state index is 0.220. The number of fused-ring (bicyclic) bond motifs is 3. The molecule has 0 spiro atoms. The Kier molecular flexibility index (Phi) is 6.44. The van der Waals surface area contributed by atoms with Crippen LogP contribution in [0, 0.1) is 6.92 Å². The summed E-state index contributed by atoms with van der Waals surface area (Å²) in [5, 5.41) is 7.13. The first-order valence-electron chi connectivity index (χ1n) is 12.3. The summed E-state index contributed by atoms with van der Waals surface area (Å²) in [5.74, 6) is 1.08. The number of rotatable bonds is 6. The molecule has 0 saturated heterocycles. The van der Waals surface area contributed by atoms with E-state index in [1.54, 1.807) is 30.5 Å². The van der Waals surface area contributed by atoms with Gasteiger partial charge >= 0.3 is 6.18 Å². The van der Waals surface area contributed by atoms with Crippen molar-refractivity contribution in [3.63, 3.8) is 0 Å². The number of halogens is 3. The summed E-state index contributed by atoms with van der Waals surface area (Å²) in [5.41, 5.74) is 2.47. The molecule has 0 atom stereocenters. The molecule has 41 heavy (non-hydrogen) atoms. The third kappa shape index (κ3) is 5.48. The van der Waals surface area contributed by atoms with Crippen molar-refractivity contribution in [1.82, 2.24) is 24.7 Å². The van der Waals surface area contributed by atoms with Crippen LogP contribution in [0.3, 0.4) is 0 Å². The molecule has 0 unspecified atom stereocenters. The van der Waals surface area contributed by atoms with Gasteiger partial charge in [-0.1, -0.05) is 11.2 Å². The standard InChI is InChI=1S/C26H21F3N8O3S/c1-15-2-3-18(36-41(38,39)14-19-11-17(4-6-30-19)26(27,28)29)12-20(15)21-10-16-13-32-25(33-22-5-9-40-35-22)34-23(16)37-8-7-31-24(21)37/h2-6,9-13,31,36H,7-8,14H2,1H3. The molecule has 0 radical (unpaired) electrons. The van der Waals surface area contributed by atoms with E-state index < -0.39 is 27.5 Å². The number of nitrogens with zero attached hydrogens (tertiary/aromatic N) is 6. The molecule has 2 N–H and O–H groups in total. The minimum atomic E-state index is -4.61. The second-order valence-electron chi connectivity index (χ2n) is 9.33. The van der Waals surface area contributed by atoms with E-state index in [1.807, 2.05) is 17.6 Å². The Labute approximate surface area is 231 Å². The lowest BCUT2D eigenvalue weighted by molar-refractivity contribution is -0.137. The number of hydrogen-bond donors (Lipinski definition) is 2. The van der Waals surface area contributed by atoms with Gasteiger partial charge < -0.3 is 14.4 Å². The zero-order valence-corrected chi connectivity index (χ0v) is 22.2. The van der Waals surface area contributed by atoms with E-state index in [4.69, 9.17) is 4.52 Å². The highest BCUT2D eigenvalue weighted by Crippen LogP contribution is 2.39. The first-order valence-corrected chi connectivity index (χ1v) is 13.9. The lowest BCUT2D eigenvalue weighted by atomic mass is 9.98. The Morgan fingerprint density at radius 3 is 2.76 bits per heavy atom. The highest BCUT2D eigenvalue weighted by molar-refractivity contribution is 7.91. The number of pyridine rings is 2. The SMILES string of the molecule is Cc1ccc(NS(=O)(=O)Cc2cc(C(F)(F)F)ccn2)cc1-c1cc2cnc(=Nc3ccon3)nc-2n2c1NCC2. The summed E-state index contributed by atoms with van der Waals surface area (Å²) in [4.78, 5) is 17.0. The van der Waals surface area contributed by atoms with Crippen LogP contribution >= 0.6 is 0 Å². The molecular formula is C26H21F3N8O3S. The molecule has 0 aliphatic carbocycles. The second kappa shape index (κ2) is 9.99. The van der Waals surface area contributed by atoms with E-state index in [1.165, 1.54) is 6.26 Å².